The highest BCUT2D eigenvalue weighted by Crippen LogP contribution is 2.28. The highest BCUT2D eigenvalue weighted by molar-refractivity contribution is 5.39. The van der Waals surface area contributed by atoms with E-state index < -0.39 is 0 Å². The second-order valence-corrected chi connectivity index (χ2v) is 3.86. The van der Waals surface area contributed by atoms with Gasteiger partial charge in [0.25, 0.3) is 0 Å². The zero-order chi connectivity index (χ0) is 12.8. The van der Waals surface area contributed by atoms with E-state index >= 15 is 0 Å². The van der Waals surface area contributed by atoms with Crippen molar-refractivity contribution in [2.24, 2.45) is 0 Å². The average molecular weight is 243 g/mol. The molecule has 0 radical (unpaired) electrons. The SMILES string of the molecule is CCNC(c1cnccn1)c1ccccc1OC. The van der Waals surface area contributed by atoms with Crippen LogP contribution < -0.4 is 10.1 Å². The molecule has 0 spiro atoms. The Morgan fingerprint density at radius 1 is 1.28 bits per heavy atom. The van der Waals surface area contributed by atoms with Gasteiger partial charge in [0.2, 0.25) is 0 Å². The summed E-state index contributed by atoms with van der Waals surface area (Å²) in [6, 6.07) is 7.96. The molecule has 0 aliphatic rings. The maximum Gasteiger partial charge on any atom is 0.124 e. The van der Waals surface area contributed by atoms with Crippen LogP contribution in [0, 0.1) is 0 Å². The molecule has 18 heavy (non-hydrogen) atoms. The van der Waals surface area contributed by atoms with E-state index in [1.165, 1.54) is 0 Å². The monoisotopic (exact) mass is 243 g/mol. The number of methoxy groups -OCH3 is 1. The Bertz CT molecular complexity index is 487. The lowest BCUT2D eigenvalue weighted by Gasteiger charge is -2.19. The average Bonchev–Trinajstić information content (AvgIpc) is 2.46. The Balaban J connectivity index is 2.41. The van der Waals surface area contributed by atoms with Crippen LogP contribution in [0.1, 0.15) is 24.2 Å². The first kappa shape index (κ1) is 12.5. The number of hydrogen-bond donors (Lipinski definition) is 1. The van der Waals surface area contributed by atoms with E-state index in [2.05, 4.69) is 22.2 Å². The molecule has 1 atom stereocenters. The lowest BCUT2D eigenvalue weighted by Crippen LogP contribution is -2.23. The van der Waals surface area contributed by atoms with Gasteiger partial charge in [-0.2, -0.15) is 0 Å². The van der Waals surface area contributed by atoms with Gasteiger partial charge in [-0.15, -0.1) is 0 Å². The van der Waals surface area contributed by atoms with Gasteiger partial charge < -0.3 is 10.1 Å². The zero-order valence-corrected chi connectivity index (χ0v) is 10.6. The van der Waals surface area contributed by atoms with Crippen LogP contribution in [-0.4, -0.2) is 23.6 Å². The Morgan fingerprint density at radius 3 is 2.78 bits per heavy atom. The van der Waals surface area contributed by atoms with E-state index in [1.807, 2.05) is 24.3 Å². The number of nitrogens with zero attached hydrogens (tertiary/aromatic N) is 2. The second-order valence-electron chi connectivity index (χ2n) is 3.86. The van der Waals surface area contributed by atoms with E-state index in [9.17, 15) is 0 Å². The minimum atomic E-state index is -0.000139. The predicted molar refractivity (Wildman–Crippen MR) is 70.5 cm³/mol. The van der Waals surface area contributed by atoms with Crippen LogP contribution in [-0.2, 0) is 0 Å². The first-order chi connectivity index (χ1) is 8.86. The number of ether oxygens (including phenoxy) is 1. The number of para-hydroxylation sites is 1. The van der Waals surface area contributed by atoms with Gasteiger partial charge in [0.05, 0.1) is 25.0 Å². The molecule has 4 heteroatoms. The normalized spacial score (nSPS) is 12.1. The maximum atomic E-state index is 5.41. The van der Waals surface area contributed by atoms with Gasteiger partial charge in [-0.25, -0.2) is 0 Å². The lowest BCUT2D eigenvalue weighted by atomic mass is 10.0. The lowest BCUT2D eigenvalue weighted by molar-refractivity contribution is 0.403. The van der Waals surface area contributed by atoms with E-state index in [0.29, 0.717) is 0 Å². The van der Waals surface area contributed by atoms with Gasteiger partial charge >= 0.3 is 0 Å². The molecule has 4 nitrogen and oxygen atoms in total. The third-order valence-corrected chi connectivity index (χ3v) is 2.74. The molecule has 2 rings (SSSR count). The van der Waals surface area contributed by atoms with Crippen molar-refractivity contribution >= 4 is 0 Å². The standard InChI is InChI=1S/C14H17N3O/c1-3-16-14(12-10-15-8-9-17-12)11-6-4-5-7-13(11)18-2/h4-10,14,16H,3H2,1-2H3. The molecule has 0 amide bonds. The summed E-state index contributed by atoms with van der Waals surface area (Å²) in [6.45, 7) is 2.91. The molecule has 2 aromatic rings. The van der Waals surface area contributed by atoms with Crippen LogP contribution in [0.5, 0.6) is 5.75 Å². The molecule has 1 unspecified atom stereocenters. The summed E-state index contributed by atoms with van der Waals surface area (Å²) in [5.41, 5.74) is 1.96. The summed E-state index contributed by atoms with van der Waals surface area (Å²) >= 11 is 0. The largest absolute Gasteiger partial charge is 0.496 e. The number of aromatic nitrogens is 2. The van der Waals surface area contributed by atoms with Gasteiger partial charge in [0.15, 0.2) is 0 Å². The summed E-state index contributed by atoms with van der Waals surface area (Å²) in [4.78, 5) is 8.49. The van der Waals surface area contributed by atoms with Gasteiger partial charge in [0.1, 0.15) is 5.75 Å². The molecule has 1 aromatic heterocycles. The second kappa shape index (κ2) is 6.12. The molecule has 1 heterocycles. The summed E-state index contributed by atoms with van der Waals surface area (Å²) in [7, 11) is 1.68. The summed E-state index contributed by atoms with van der Waals surface area (Å²) < 4.78 is 5.41. The molecule has 0 fully saturated rings. The number of benzene rings is 1. The molecule has 0 bridgehead atoms. The summed E-state index contributed by atoms with van der Waals surface area (Å²) in [5.74, 6) is 0.856. The fourth-order valence-corrected chi connectivity index (χ4v) is 1.94. The van der Waals surface area contributed by atoms with Crippen molar-refractivity contribution in [2.45, 2.75) is 13.0 Å². The molecule has 1 N–H and O–H groups in total. The van der Waals surface area contributed by atoms with Crippen molar-refractivity contribution in [1.29, 1.82) is 0 Å². The maximum absolute atomic E-state index is 5.41. The van der Waals surface area contributed by atoms with Crippen molar-refractivity contribution in [3.8, 4) is 5.75 Å². The molecule has 1 aromatic carbocycles. The number of hydrogen-bond acceptors (Lipinski definition) is 4. The van der Waals surface area contributed by atoms with Gasteiger partial charge in [0, 0.05) is 18.0 Å². The molecule has 0 aliphatic heterocycles. The minimum absolute atomic E-state index is 0.000139. The molecule has 94 valence electrons. The van der Waals surface area contributed by atoms with E-state index in [4.69, 9.17) is 4.74 Å². The fourth-order valence-electron chi connectivity index (χ4n) is 1.94. The fraction of sp³-hybridized carbons (Fsp3) is 0.286. The predicted octanol–water partition coefficient (Wildman–Crippen LogP) is 2.18. The van der Waals surface area contributed by atoms with E-state index in [0.717, 1.165) is 23.6 Å². The third kappa shape index (κ3) is 2.65. The van der Waals surface area contributed by atoms with Crippen LogP contribution in [0.15, 0.2) is 42.9 Å². The Hall–Kier alpha value is -1.94. The van der Waals surface area contributed by atoms with Crippen LogP contribution in [0.4, 0.5) is 0 Å². The zero-order valence-electron chi connectivity index (χ0n) is 10.6. The smallest absolute Gasteiger partial charge is 0.124 e. The van der Waals surface area contributed by atoms with Crippen LogP contribution >= 0.6 is 0 Å². The molecular weight excluding hydrogens is 226 g/mol. The number of rotatable bonds is 5. The van der Waals surface area contributed by atoms with E-state index in [1.54, 1.807) is 25.7 Å². The molecule has 0 aliphatic carbocycles. The topological polar surface area (TPSA) is 47.0 Å². The van der Waals surface area contributed by atoms with Crippen molar-refractivity contribution in [2.75, 3.05) is 13.7 Å². The molecule has 0 saturated heterocycles. The highest BCUT2D eigenvalue weighted by atomic mass is 16.5. The van der Waals surface area contributed by atoms with Crippen molar-refractivity contribution < 1.29 is 4.74 Å². The van der Waals surface area contributed by atoms with E-state index in [-0.39, 0.29) is 6.04 Å². The summed E-state index contributed by atoms with van der Waals surface area (Å²) in [5, 5.41) is 3.41. The Kier molecular flexibility index (Phi) is 4.25. The first-order valence-electron chi connectivity index (χ1n) is 5.99. The Morgan fingerprint density at radius 2 is 2.11 bits per heavy atom. The minimum Gasteiger partial charge on any atom is -0.496 e. The molecule has 0 saturated carbocycles. The first-order valence-corrected chi connectivity index (χ1v) is 5.99. The van der Waals surface area contributed by atoms with Crippen LogP contribution in [0.25, 0.3) is 0 Å². The third-order valence-electron chi connectivity index (χ3n) is 2.74. The Labute approximate surface area is 107 Å². The van der Waals surface area contributed by atoms with Gasteiger partial charge in [-0.05, 0) is 12.6 Å². The quantitative estimate of drug-likeness (QED) is 0.874. The molecular formula is C14H17N3O. The van der Waals surface area contributed by atoms with Crippen LogP contribution in [0.2, 0.25) is 0 Å². The van der Waals surface area contributed by atoms with Gasteiger partial charge in [-0.3, -0.25) is 9.97 Å². The highest BCUT2D eigenvalue weighted by Gasteiger charge is 2.18. The van der Waals surface area contributed by atoms with Crippen molar-refractivity contribution in [3.63, 3.8) is 0 Å². The number of nitrogens with one attached hydrogen (secondary N) is 1. The van der Waals surface area contributed by atoms with Crippen LogP contribution in [0.3, 0.4) is 0 Å². The summed E-state index contributed by atoms with van der Waals surface area (Å²) in [6.07, 6.45) is 5.16. The van der Waals surface area contributed by atoms with Gasteiger partial charge in [-0.1, -0.05) is 25.1 Å². The van der Waals surface area contributed by atoms with Crippen molar-refractivity contribution in [1.82, 2.24) is 15.3 Å². The van der Waals surface area contributed by atoms with Crippen molar-refractivity contribution in [3.05, 3.63) is 54.1 Å².